The first-order valence-electron chi connectivity index (χ1n) is 9.24. The Hall–Kier alpha value is -2.10. The maximum atomic E-state index is 4.98. The van der Waals surface area contributed by atoms with Crippen LogP contribution in [0.3, 0.4) is 0 Å². The van der Waals surface area contributed by atoms with Crippen molar-refractivity contribution in [1.29, 1.82) is 0 Å². The predicted octanol–water partition coefficient (Wildman–Crippen LogP) is 4.25. The van der Waals surface area contributed by atoms with Gasteiger partial charge in [-0.25, -0.2) is 4.98 Å². The van der Waals surface area contributed by atoms with Crippen molar-refractivity contribution in [2.45, 2.75) is 52.0 Å². The maximum Gasteiger partial charge on any atom is 0.232 e. The highest BCUT2D eigenvalue weighted by Gasteiger charge is 2.26. The predicted molar refractivity (Wildman–Crippen MR) is 99.2 cm³/mol. The van der Waals surface area contributed by atoms with Crippen LogP contribution in [0.1, 0.15) is 43.9 Å². The van der Waals surface area contributed by atoms with Crippen LogP contribution < -0.4 is 9.80 Å². The molecule has 3 heterocycles. The van der Waals surface area contributed by atoms with E-state index in [1.165, 1.54) is 36.9 Å². The maximum absolute atomic E-state index is 4.98. The van der Waals surface area contributed by atoms with Gasteiger partial charge in [-0.05, 0) is 50.7 Å². The molecule has 1 aromatic carbocycles. The van der Waals surface area contributed by atoms with E-state index in [0.29, 0.717) is 6.04 Å². The third kappa shape index (κ3) is 2.74. The van der Waals surface area contributed by atoms with Crippen molar-refractivity contribution in [1.82, 2.24) is 9.97 Å². The summed E-state index contributed by atoms with van der Waals surface area (Å²) in [6.45, 7) is 6.46. The third-order valence-corrected chi connectivity index (χ3v) is 5.35. The van der Waals surface area contributed by atoms with E-state index < -0.39 is 0 Å². The number of aromatic nitrogens is 2. The van der Waals surface area contributed by atoms with Crippen molar-refractivity contribution in [2.75, 3.05) is 22.9 Å². The molecule has 0 aliphatic carbocycles. The molecule has 0 N–H and O–H groups in total. The lowest BCUT2D eigenvalue weighted by molar-refractivity contribution is 0.446. The van der Waals surface area contributed by atoms with E-state index in [1.54, 1.807) is 0 Å². The number of fused-ring (bicyclic) bond motifs is 1. The Kier molecular flexibility index (Phi) is 4.13. The second-order valence-electron chi connectivity index (χ2n) is 6.95. The summed E-state index contributed by atoms with van der Waals surface area (Å²) in [5, 5.41) is 0. The van der Waals surface area contributed by atoms with E-state index >= 15 is 0 Å². The van der Waals surface area contributed by atoms with Gasteiger partial charge in [0.1, 0.15) is 5.82 Å². The number of rotatable bonds is 3. The highest BCUT2D eigenvalue weighted by Crippen LogP contribution is 2.34. The number of piperidine rings is 1. The zero-order valence-corrected chi connectivity index (χ0v) is 14.7. The van der Waals surface area contributed by atoms with E-state index in [2.05, 4.69) is 54.0 Å². The Morgan fingerprint density at radius 3 is 2.88 bits per heavy atom. The summed E-state index contributed by atoms with van der Waals surface area (Å²) in [7, 11) is 0. The lowest BCUT2D eigenvalue weighted by Gasteiger charge is -2.36. The Labute approximate surface area is 144 Å². The van der Waals surface area contributed by atoms with Crippen LogP contribution >= 0.6 is 0 Å². The van der Waals surface area contributed by atoms with Crippen molar-refractivity contribution in [2.24, 2.45) is 0 Å². The molecule has 1 atom stereocenters. The molecule has 126 valence electrons. The van der Waals surface area contributed by atoms with Gasteiger partial charge in [0.15, 0.2) is 0 Å². The topological polar surface area (TPSA) is 32.3 Å². The van der Waals surface area contributed by atoms with Crippen LogP contribution in [0.25, 0.3) is 0 Å². The number of anilines is 3. The van der Waals surface area contributed by atoms with E-state index in [4.69, 9.17) is 9.97 Å². The first-order valence-corrected chi connectivity index (χ1v) is 9.24. The van der Waals surface area contributed by atoms with Gasteiger partial charge in [0, 0.05) is 36.6 Å². The molecule has 2 aliphatic rings. The van der Waals surface area contributed by atoms with Crippen LogP contribution in [0.4, 0.5) is 17.5 Å². The molecule has 4 rings (SSSR count). The molecule has 1 aromatic heterocycles. The van der Waals surface area contributed by atoms with E-state index in [1.807, 2.05) is 0 Å². The van der Waals surface area contributed by atoms with Gasteiger partial charge in [0.2, 0.25) is 5.95 Å². The lowest BCUT2D eigenvalue weighted by Crippen LogP contribution is -2.40. The molecule has 24 heavy (non-hydrogen) atoms. The third-order valence-electron chi connectivity index (χ3n) is 5.35. The van der Waals surface area contributed by atoms with Gasteiger partial charge in [0.25, 0.3) is 0 Å². The normalized spacial score (nSPS) is 20.3. The van der Waals surface area contributed by atoms with Gasteiger partial charge in [0.05, 0.1) is 0 Å². The SMILES string of the molecule is CCC1CCCCN1c1cc(C)nc(N2CCc3ccccc32)n1. The van der Waals surface area contributed by atoms with Gasteiger partial charge in [-0.3, -0.25) is 0 Å². The molecule has 2 aromatic rings. The van der Waals surface area contributed by atoms with Crippen molar-refractivity contribution >= 4 is 17.5 Å². The standard InChI is InChI=1S/C20H26N4/c1-3-17-9-6-7-12-23(17)19-14-15(2)21-20(22-19)24-13-11-16-8-4-5-10-18(16)24/h4-5,8,10,14,17H,3,6-7,9,11-13H2,1-2H3. The molecular formula is C20H26N4. The molecule has 0 spiro atoms. The number of nitrogens with zero attached hydrogens (tertiary/aromatic N) is 4. The average Bonchev–Trinajstić information content (AvgIpc) is 3.05. The van der Waals surface area contributed by atoms with Crippen LogP contribution in [0, 0.1) is 6.92 Å². The molecule has 1 saturated heterocycles. The van der Waals surface area contributed by atoms with Gasteiger partial charge in [-0.2, -0.15) is 4.98 Å². The summed E-state index contributed by atoms with van der Waals surface area (Å²) in [6, 6.07) is 11.4. The highest BCUT2D eigenvalue weighted by molar-refractivity contribution is 5.66. The van der Waals surface area contributed by atoms with Crippen LogP contribution in [0.15, 0.2) is 30.3 Å². The number of aryl methyl sites for hydroxylation is 1. The van der Waals surface area contributed by atoms with Crippen molar-refractivity contribution in [3.63, 3.8) is 0 Å². The minimum absolute atomic E-state index is 0.617. The first kappa shape index (κ1) is 15.4. The molecule has 0 saturated carbocycles. The van der Waals surface area contributed by atoms with Gasteiger partial charge in [-0.15, -0.1) is 0 Å². The first-order chi connectivity index (χ1) is 11.8. The second kappa shape index (κ2) is 6.42. The monoisotopic (exact) mass is 322 g/mol. The minimum Gasteiger partial charge on any atom is -0.353 e. The largest absolute Gasteiger partial charge is 0.353 e. The zero-order valence-electron chi connectivity index (χ0n) is 14.7. The van der Waals surface area contributed by atoms with Crippen molar-refractivity contribution in [3.8, 4) is 0 Å². The number of hydrogen-bond donors (Lipinski definition) is 0. The van der Waals surface area contributed by atoms with Gasteiger partial charge < -0.3 is 9.80 Å². The van der Waals surface area contributed by atoms with Gasteiger partial charge >= 0.3 is 0 Å². The second-order valence-corrected chi connectivity index (χ2v) is 6.95. The Balaban J connectivity index is 1.70. The number of para-hydroxylation sites is 1. The molecule has 0 bridgehead atoms. The van der Waals surface area contributed by atoms with E-state index in [0.717, 1.165) is 37.0 Å². The fourth-order valence-corrected chi connectivity index (χ4v) is 4.08. The quantitative estimate of drug-likeness (QED) is 0.845. The summed E-state index contributed by atoms with van der Waals surface area (Å²) in [5.74, 6) is 1.96. The Bertz CT molecular complexity index is 727. The Morgan fingerprint density at radius 2 is 2.00 bits per heavy atom. The fraction of sp³-hybridized carbons (Fsp3) is 0.500. The Morgan fingerprint density at radius 1 is 1.12 bits per heavy atom. The summed E-state index contributed by atoms with van der Waals surface area (Å²) in [4.78, 5) is 14.5. The molecule has 4 heteroatoms. The van der Waals surface area contributed by atoms with Crippen molar-refractivity contribution < 1.29 is 0 Å². The summed E-state index contributed by atoms with van der Waals surface area (Å²) < 4.78 is 0. The molecule has 0 amide bonds. The molecule has 2 aliphatic heterocycles. The molecule has 1 fully saturated rings. The van der Waals surface area contributed by atoms with E-state index in [-0.39, 0.29) is 0 Å². The van der Waals surface area contributed by atoms with Crippen LogP contribution in [-0.2, 0) is 6.42 Å². The van der Waals surface area contributed by atoms with Crippen LogP contribution in [0.5, 0.6) is 0 Å². The van der Waals surface area contributed by atoms with Crippen molar-refractivity contribution in [3.05, 3.63) is 41.6 Å². The fourth-order valence-electron chi connectivity index (χ4n) is 4.08. The van der Waals surface area contributed by atoms with Crippen LogP contribution in [-0.4, -0.2) is 29.1 Å². The number of benzene rings is 1. The summed E-state index contributed by atoms with van der Waals surface area (Å²) in [6.07, 6.45) is 6.14. The molecule has 1 unspecified atom stereocenters. The summed E-state index contributed by atoms with van der Waals surface area (Å²) >= 11 is 0. The molecule has 4 nitrogen and oxygen atoms in total. The highest BCUT2D eigenvalue weighted by atomic mass is 15.3. The number of hydrogen-bond acceptors (Lipinski definition) is 4. The van der Waals surface area contributed by atoms with E-state index in [9.17, 15) is 0 Å². The zero-order chi connectivity index (χ0) is 16.5. The molecular weight excluding hydrogens is 296 g/mol. The lowest BCUT2D eigenvalue weighted by atomic mass is 10.00. The molecule has 0 radical (unpaired) electrons. The minimum atomic E-state index is 0.617. The van der Waals surface area contributed by atoms with Crippen LogP contribution in [0.2, 0.25) is 0 Å². The smallest absolute Gasteiger partial charge is 0.232 e. The summed E-state index contributed by atoms with van der Waals surface area (Å²) in [5.41, 5.74) is 3.72. The van der Waals surface area contributed by atoms with Gasteiger partial charge in [-0.1, -0.05) is 25.1 Å². The average molecular weight is 322 g/mol.